The highest BCUT2D eigenvalue weighted by atomic mass is 16.5. The van der Waals surface area contributed by atoms with Crippen molar-refractivity contribution in [3.63, 3.8) is 0 Å². The zero-order valence-corrected chi connectivity index (χ0v) is 19.5. The molecule has 2 amide bonds. The average molecular weight is 475 g/mol. The molecule has 1 aromatic heterocycles. The van der Waals surface area contributed by atoms with Crippen molar-refractivity contribution >= 4 is 17.6 Å². The summed E-state index contributed by atoms with van der Waals surface area (Å²) in [5.41, 5.74) is 7.61. The van der Waals surface area contributed by atoms with Crippen LogP contribution < -0.4 is 15.8 Å². The van der Waals surface area contributed by atoms with Gasteiger partial charge in [-0.25, -0.2) is 4.68 Å². The van der Waals surface area contributed by atoms with Crippen molar-refractivity contribution in [3.05, 3.63) is 72.8 Å². The van der Waals surface area contributed by atoms with E-state index in [0.29, 0.717) is 41.8 Å². The lowest BCUT2D eigenvalue weighted by Crippen LogP contribution is -2.41. The Morgan fingerprint density at radius 2 is 1.71 bits per heavy atom. The van der Waals surface area contributed by atoms with E-state index in [9.17, 15) is 9.59 Å². The summed E-state index contributed by atoms with van der Waals surface area (Å²) >= 11 is 0. The predicted molar refractivity (Wildman–Crippen MR) is 134 cm³/mol. The number of hydrogen-bond acceptors (Lipinski definition) is 5. The second-order valence-corrected chi connectivity index (χ2v) is 8.97. The van der Waals surface area contributed by atoms with Gasteiger partial charge >= 0.3 is 0 Å². The van der Waals surface area contributed by atoms with Gasteiger partial charge in [-0.05, 0) is 67.7 Å². The molecule has 1 atom stereocenters. The predicted octanol–water partition coefficient (Wildman–Crippen LogP) is 4.22. The summed E-state index contributed by atoms with van der Waals surface area (Å²) in [4.78, 5) is 26.3. The molecule has 1 saturated heterocycles. The van der Waals surface area contributed by atoms with Crippen LogP contribution in [0.4, 0.5) is 5.82 Å². The second-order valence-electron chi connectivity index (χ2n) is 8.97. The molecule has 180 valence electrons. The van der Waals surface area contributed by atoms with E-state index in [1.54, 1.807) is 0 Å². The number of benzene rings is 2. The highest BCUT2D eigenvalue weighted by Crippen LogP contribution is 2.40. The number of amides is 2. The molecule has 2 aliphatic rings. The standard InChI is InChI=1S/C27H29N5O3/c1-2-23(33)31-16-13-18(14-17-31)22-12-15-29-27-24(26(28)34)25(30-32(22)27)19-8-10-21(11-9-19)35-20-6-4-3-5-7-20/h2-11,18,22,29H,1,12-17H2,(H2,28,34)/t22-/m0/s1/i1+1,2+1,23+1. The van der Waals surface area contributed by atoms with E-state index in [1.807, 2.05) is 64.2 Å². The molecule has 35 heavy (non-hydrogen) atoms. The first-order chi connectivity index (χ1) is 17.0. The van der Waals surface area contributed by atoms with Gasteiger partial charge in [0.25, 0.3) is 5.91 Å². The third-order valence-corrected chi connectivity index (χ3v) is 6.88. The molecule has 3 N–H and O–H groups in total. The third-order valence-electron chi connectivity index (χ3n) is 6.88. The van der Waals surface area contributed by atoms with Crippen LogP contribution in [0.15, 0.2) is 67.3 Å². The molecule has 2 aliphatic heterocycles. The Bertz CT molecular complexity index is 1230. The fourth-order valence-corrected chi connectivity index (χ4v) is 5.11. The highest BCUT2D eigenvalue weighted by molar-refractivity contribution is 6.03. The Labute approximate surface area is 204 Å². The van der Waals surface area contributed by atoms with Crippen molar-refractivity contribution in [2.75, 3.05) is 25.0 Å². The van der Waals surface area contributed by atoms with Crippen LogP contribution in [0, 0.1) is 5.92 Å². The number of nitrogens with one attached hydrogen (secondary N) is 1. The van der Waals surface area contributed by atoms with Gasteiger partial charge in [0, 0.05) is 25.2 Å². The zero-order valence-electron chi connectivity index (χ0n) is 19.5. The normalized spacial score (nSPS) is 17.8. The molecule has 0 aliphatic carbocycles. The van der Waals surface area contributed by atoms with Crippen molar-refractivity contribution in [2.45, 2.75) is 25.3 Å². The SMILES string of the molecule is [13CH2]=[13CH][13C](=O)N1CCC([C@@H]2CCNc3c(C(N)=O)c(-c4ccc(Oc5ccccc5)cc4)nn32)CC1. The van der Waals surface area contributed by atoms with Crippen LogP contribution in [-0.2, 0) is 4.79 Å². The highest BCUT2D eigenvalue weighted by Gasteiger charge is 2.35. The van der Waals surface area contributed by atoms with Gasteiger partial charge in [0.15, 0.2) is 0 Å². The number of likely N-dealkylation sites (tertiary alicyclic amines) is 1. The molecule has 3 aromatic rings. The first-order valence-electron chi connectivity index (χ1n) is 12.0. The van der Waals surface area contributed by atoms with Gasteiger partial charge in [0.2, 0.25) is 5.91 Å². The molecule has 0 spiro atoms. The maximum absolute atomic E-state index is 12.5. The van der Waals surface area contributed by atoms with Gasteiger partial charge in [-0.2, -0.15) is 5.10 Å². The molecule has 8 heteroatoms. The van der Waals surface area contributed by atoms with E-state index in [2.05, 4.69) is 11.9 Å². The second kappa shape index (κ2) is 9.66. The lowest BCUT2D eigenvalue weighted by molar-refractivity contribution is -0.127. The van der Waals surface area contributed by atoms with E-state index in [1.165, 1.54) is 6.08 Å². The van der Waals surface area contributed by atoms with Crippen LogP contribution in [0.3, 0.4) is 0 Å². The molecular formula is C27H29N5O3. The Kier molecular flexibility index (Phi) is 6.27. The molecule has 0 bridgehead atoms. The van der Waals surface area contributed by atoms with E-state index in [0.717, 1.165) is 37.1 Å². The number of primary amides is 1. The fourth-order valence-electron chi connectivity index (χ4n) is 5.11. The maximum atomic E-state index is 12.5. The first kappa shape index (κ1) is 22.7. The number of ether oxygens (including phenoxy) is 1. The average Bonchev–Trinajstić information content (AvgIpc) is 3.29. The molecule has 5 rings (SSSR count). The Morgan fingerprint density at radius 1 is 1.03 bits per heavy atom. The number of piperidine rings is 1. The number of hydrogen-bond donors (Lipinski definition) is 2. The van der Waals surface area contributed by atoms with E-state index >= 15 is 0 Å². The first-order valence-corrected chi connectivity index (χ1v) is 12.0. The largest absolute Gasteiger partial charge is 0.457 e. The van der Waals surface area contributed by atoms with Gasteiger partial charge in [-0.15, -0.1) is 0 Å². The molecule has 8 nitrogen and oxygen atoms in total. The van der Waals surface area contributed by atoms with E-state index in [-0.39, 0.29) is 11.9 Å². The van der Waals surface area contributed by atoms with Crippen LogP contribution in [0.2, 0.25) is 0 Å². The minimum atomic E-state index is -0.509. The van der Waals surface area contributed by atoms with Crippen molar-refractivity contribution in [2.24, 2.45) is 11.7 Å². The molecule has 0 saturated carbocycles. The Hall–Kier alpha value is -4.07. The molecule has 1 fully saturated rings. The van der Waals surface area contributed by atoms with Crippen LogP contribution in [0.5, 0.6) is 11.5 Å². The minimum absolute atomic E-state index is 0.0217. The smallest absolute Gasteiger partial charge is 0.254 e. The molecule has 2 aromatic carbocycles. The van der Waals surface area contributed by atoms with Crippen molar-refractivity contribution in [1.82, 2.24) is 14.7 Å². The maximum Gasteiger partial charge on any atom is 0.254 e. The monoisotopic (exact) mass is 474 g/mol. The van der Waals surface area contributed by atoms with Crippen molar-refractivity contribution in [1.29, 1.82) is 0 Å². The molecular weight excluding hydrogens is 445 g/mol. The summed E-state index contributed by atoms with van der Waals surface area (Å²) in [6, 6.07) is 17.2. The van der Waals surface area contributed by atoms with Gasteiger partial charge < -0.3 is 20.7 Å². The van der Waals surface area contributed by atoms with Gasteiger partial charge in [0.05, 0.1) is 6.04 Å². The van der Waals surface area contributed by atoms with Gasteiger partial charge in [-0.3, -0.25) is 9.59 Å². The summed E-state index contributed by atoms with van der Waals surface area (Å²) in [6.07, 6.45) is 4.04. The van der Waals surface area contributed by atoms with E-state index in [4.69, 9.17) is 15.6 Å². The number of anilines is 1. The number of aromatic nitrogens is 2. The van der Waals surface area contributed by atoms with Crippen LogP contribution in [0.1, 0.15) is 35.7 Å². The van der Waals surface area contributed by atoms with Crippen LogP contribution in [-0.4, -0.2) is 46.1 Å². The fraction of sp³-hybridized carbons (Fsp3) is 0.296. The number of nitrogens with two attached hydrogens (primary N) is 1. The molecule has 0 radical (unpaired) electrons. The quantitative estimate of drug-likeness (QED) is 0.411. The minimum Gasteiger partial charge on any atom is -0.457 e. The number of carbonyl (C=O) groups excluding carboxylic acids is 2. The topological polar surface area (TPSA) is 102 Å². The van der Waals surface area contributed by atoms with Crippen LogP contribution in [0.25, 0.3) is 11.3 Å². The zero-order chi connectivity index (χ0) is 24.4. The molecule has 3 heterocycles. The Morgan fingerprint density at radius 3 is 2.37 bits per heavy atom. The number of fused-ring (bicyclic) bond motifs is 1. The summed E-state index contributed by atoms with van der Waals surface area (Å²) in [5, 5.41) is 8.25. The third kappa shape index (κ3) is 4.51. The summed E-state index contributed by atoms with van der Waals surface area (Å²) < 4.78 is 7.84. The summed E-state index contributed by atoms with van der Waals surface area (Å²) in [6.45, 7) is 5.74. The number of para-hydroxylation sites is 1. The summed E-state index contributed by atoms with van der Waals surface area (Å²) in [7, 11) is 0. The van der Waals surface area contributed by atoms with Gasteiger partial charge in [0.1, 0.15) is 28.6 Å². The van der Waals surface area contributed by atoms with Crippen LogP contribution >= 0.6 is 0 Å². The number of nitrogens with zero attached hydrogens (tertiary/aromatic N) is 3. The number of carbonyl (C=O) groups is 2. The van der Waals surface area contributed by atoms with E-state index < -0.39 is 5.91 Å². The Balaban J connectivity index is 1.41. The molecule has 0 unspecified atom stereocenters. The lowest BCUT2D eigenvalue weighted by atomic mass is 9.87. The number of rotatable bonds is 6. The lowest BCUT2D eigenvalue weighted by Gasteiger charge is -2.38. The van der Waals surface area contributed by atoms with Crippen molar-refractivity contribution < 1.29 is 14.3 Å². The van der Waals surface area contributed by atoms with Crippen molar-refractivity contribution in [3.8, 4) is 22.8 Å². The summed E-state index contributed by atoms with van der Waals surface area (Å²) in [5.74, 6) is 1.96. The van der Waals surface area contributed by atoms with Gasteiger partial charge in [-0.1, -0.05) is 24.8 Å².